The molecule has 0 heterocycles. The van der Waals surface area contributed by atoms with E-state index in [0.717, 1.165) is 24.3 Å². The summed E-state index contributed by atoms with van der Waals surface area (Å²) in [6.45, 7) is 0. The Bertz CT molecular complexity index is 1510. The maximum absolute atomic E-state index is 13.5. The second kappa shape index (κ2) is 14.4. The number of hydrogen-bond donors (Lipinski definition) is 2. The van der Waals surface area contributed by atoms with Crippen molar-refractivity contribution >= 4 is 27.6 Å². The topological polar surface area (TPSA) is 159 Å². The number of nitro groups is 1. The van der Waals surface area contributed by atoms with Crippen molar-refractivity contribution in [1.29, 1.82) is 0 Å². The van der Waals surface area contributed by atoms with Crippen LogP contribution in [0.5, 0.6) is 0 Å². The van der Waals surface area contributed by atoms with Crippen LogP contribution < -0.4 is 84.0 Å². The molecule has 0 aliphatic carbocycles. The van der Waals surface area contributed by atoms with Crippen LogP contribution in [0.1, 0.15) is 23.1 Å². The number of nitro benzene ring substituents is 1. The summed E-state index contributed by atoms with van der Waals surface area (Å²) in [5.41, 5.74) is 0.495. The number of carboxylic acid groups (broad SMARTS) is 1. The molecule has 0 aliphatic heterocycles. The van der Waals surface area contributed by atoms with Gasteiger partial charge in [0, 0.05) is 18.6 Å². The average molecular weight is 691 g/mol. The molecular weight excluding hydrogens is 667 g/mol. The molecule has 12 heteroatoms. The number of rotatable bonds is 11. The Kier molecular flexibility index (Phi) is 11.5. The predicted molar refractivity (Wildman–Crippen MR) is 144 cm³/mol. The Labute approximate surface area is 295 Å². The SMILES string of the molecule is O=C(C[C@H](NS(=O)(=O)c1ccc([N+](=O)[O-])cc1)C(=O)[O-])NC(c1ccccc1)(c1ccccc1)c1ccccc1.[Cs+]. The molecular formula is C29H24CsN3O7S. The number of non-ortho nitro benzene ring substituents is 1. The van der Waals surface area contributed by atoms with Gasteiger partial charge in [-0.15, -0.1) is 0 Å². The van der Waals surface area contributed by atoms with Crippen LogP contribution in [0.3, 0.4) is 0 Å². The van der Waals surface area contributed by atoms with Gasteiger partial charge in [0.15, 0.2) is 0 Å². The minimum atomic E-state index is -4.47. The maximum atomic E-state index is 13.5. The maximum Gasteiger partial charge on any atom is 1.00 e. The van der Waals surface area contributed by atoms with E-state index in [1.807, 2.05) is 95.7 Å². The second-order valence-electron chi connectivity index (χ2n) is 8.84. The summed E-state index contributed by atoms with van der Waals surface area (Å²) in [6, 6.07) is 29.3. The molecule has 0 fully saturated rings. The fourth-order valence-electron chi connectivity index (χ4n) is 4.40. The van der Waals surface area contributed by atoms with Gasteiger partial charge in [-0.1, -0.05) is 91.0 Å². The van der Waals surface area contributed by atoms with Crippen LogP contribution >= 0.6 is 0 Å². The summed E-state index contributed by atoms with van der Waals surface area (Å²) in [6.07, 6.45) is -0.789. The van der Waals surface area contributed by atoms with Crippen molar-refractivity contribution in [3.8, 4) is 0 Å². The molecule has 41 heavy (non-hydrogen) atoms. The van der Waals surface area contributed by atoms with E-state index in [9.17, 15) is 33.2 Å². The molecule has 0 saturated heterocycles. The summed E-state index contributed by atoms with van der Waals surface area (Å²) in [5, 5.41) is 25.8. The summed E-state index contributed by atoms with van der Waals surface area (Å²) in [5.74, 6) is -2.58. The second-order valence-corrected chi connectivity index (χ2v) is 10.6. The summed E-state index contributed by atoms with van der Waals surface area (Å²) in [4.78, 5) is 35.3. The van der Waals surface area contributed by atoms with E-state index in [4.69, 9.17) is 0 Å². The zero-order chi connectivity index (χ0) is 28.8. The van der Waals surface area contributed by atoms with Gasteiger partial charge in [-0.05, 0) is 28.8 Å². The van der Waals surface area contributed by atoms with E-state index in [2.05, 4.69) is 5.32 Å². The van der Waals surface area contributed by atoms with Crippen molar-refractivity contribution in [3.63, 3.8) is 0 Å². The first-order valence-electron chi connectivity index (χ1n) is 12.1. The summed E-state index contributed by atoms with van der Waals surface area (Å²) >= 11 is 0. The first-order valence-corrected chi connectivity index (χ1v) is 13.6. The quantitative estimate of drug-likeness (QED) is 0.122. The molecule has 1 amide bonds. The van der Waals surface area contributed by atoms with Gasteiger partial charge in [-0.25, -0.2) is 13.1 Å². The van der Waals surface area contributed by atoms with Crippen LogP contribution in [0.15, 0.2) is 120 Å². The Hall–Kier alpha value is -2.82. The van der Waals surface area contributed by atoms with Gasteiger partial charge in [-0.3, -0.25) is 14.9 Å². The average Bonchev–Trinajstić information content (AvgIpc) is 2.97. The molecule has 0 unspecified atom stereocenters. The number of aliphatic carboxylic acids is 1. The molecule has 1 atom stereocenters. The standard InChI is InChI=1S/C29H25N3O7S.Cs/c33-27(20-26(28(34)35)31-40(38,39)25-18-16-24(17-19-25)32(36)37)30-29(21-10-4-1-5-11-21,22-12-6-2-7-13-22)23-14-8-3-9-15-23;/h1-19,26,31H,20H2,(H,30,33)(H,34,35);/q;+1/p-1/t26-;/m0./s1. The van der Waals surface area contributed by atoms with Gasteiger partial charge in [0.2, 0.25) is 15.9 Å². The molecule has 10 nitrogen and oxygen atoms in total. The Morgan fingerprint density at radius 3 is 1.54 bits per heavy atom. The van der Waals surface area contributed by atoms with Crippen molar-refractivity contribution in [3.05, 3.63) is 142 Å². The van der Waals surface area contributed by atoms with Crippen LogP contribution in [-0.2, 0) is 25.2 Å². The van der Waals surface area contributed by atoms with Crippen LogP contribution in [0, 0.1) is 10.1 Å². The molecule has 0 saturated carbocycles. The van der Waals surface area contributed by atoms with Gasteiger partial charge in [0.05, 0.1) is 21.8 Å². The van der Waals surface area contributed by atoms with Crippen molar-refractivity contribution in [2.75, 3.05) is 0 Å². The van der Waals surface area contributed by atoms with Gasteiger partial charge < -0.3 is 15.2 Å². The Morgan fingerprint density at radius 2 is 1.17 bits per heavy atom. The number of amides is 1. The minimum absolute atomic E-state index is 0. The molecule has 0 aliphatic rings. The number of nitrogens with one attached hydrogen (secondary N) is 2. The van der Waals surface area contributed by atoms with Crippen molar-refractivity contribution in [2.45, 2.75) is 22.9 Å². The zero-order valence-corrected chi connectivity index (χ0v) is 29.1. The fraction of sp³-hybridized carbons (Fsp3) is 0.103. The number of nitrogens with zero attached hydrogens (tertiary/aromatic N) is 1. The van der Waals surface area contributed by atoms with Crippen LogP contribution in [0.4, 0.5) is 5.69 Å². The number of benzene rings is 4. The van der Waals surface area contributed by atoms with Gasteiger partial charge in [0.25, 0.3) is 5.69 Å². The van der Waals surface area contributed by atoms with Gasteiger partial charge in [0.1, 0.15) is 5.54 Å². The van der Waals surface area contributed by atoms with E-state index in [1.165, 1.54) is 0 Å². The molecule has 0 radical (unpaired) electrons. The van der Waals surface area contributed by atoms with Crippen molar-refractivity contribution in [1.82, 2.24) is 10.0 Å². The van der Waals surface area contributed by atoms with Gasteiger partial charge >= 0.3 is 68.9 Å². The Morgan fingerprint density at radius 1 is 0.756 bits per heavy atom. The van der Waals surface area contributed by atoms with E-state index in [1.54, 1.807) is 0 Å². The van der Waals surface area contributed by atoms with E-state index >= 15 is 0 Å². The largest absolute Gasteiger partial charge is 1.00 e. The monoisotopic (exact) mass is 691 g/mol. The first-order chi connectivity index (χ1) is 19.1. The molecule has 204 valence electrons. The zero-order valence-electron chi connectivity index (χ0n) is 22.0. The predicted octanol–water partition coefficient (Wildman–Crippen LogP) is -0.506. The molecule has 4 rings (SSSR count). The number of carbonyl (C=O) groups is 2. The minimum Gasteiger partial charge on any atom is -0.548 e. The van der Waals surface area contributed by atoms with Crippen molar-refractivity contribution < 1.29 is 96.9 Å². The number of carboxylic acids is 1. The molecule has 0 bridgehead atoms. The van der Waals surface area contributed by atoms with E-state index < -0.39 is 49.7 Å². The molecule has 4 aromatic rings. The molecule has 0 spiro atoms. The molecule has 0 aromatic heterocycles. The third-order valence-electron chi connectivity index (χ3n) is 6.28. The third kappa shape index (κ3) is 7.73. The summed E-state index contributed by atoms with van der Waals surface area (Å²) in [7, 11) is -4.47. The first kappa shape index (κ1) is 32.7. The van der Waals surface area contributed by atoms with Gasteiger partial charge in [-0.2, -0.15) is 0 Å². The van der Waals surface area contributed by atoms with Crippen LogP contribution in [0.25, 0.3) is 0 Å². The number of sulfonamides is 1. The Balaban J connectivity index is 0.00000462. The van der Waals surface area contributed by atoms with Crippen LogP contribution in [0.2, 0.25) is 0 Å². The third-order valence-corrected chi connectivity index (χ3v) is 7.76. The van der Waals surface area contributed by atoms with E-state index in [-0.39, 0.29) is 74.6 Å². The smallest absolute Gasteiger partial charge is 0.548 e. The van der Waals surface area contributed by atoms with E-state index in [0.29, 0.717) is 16.7 Å². The molecule has 4 aromatic carbocycles. The normalized spacial score (nSPS) is 12.0. The van der Waals surface area contributed by atoms with Crippen LogP contribution in [-0.4, -0.2) is 31.3 Å². The number of carbonyl (C=O) groups excluding carboxylic acids is 2. The fourth-order valence-corrected chi connectivity index (χ4v) is 5.59. The molecule has 2 N–H and O–H groups in total. The number of hydrogen-bond acceptors (Lipinski definition) is 7. The summed E-state index contributed by atoms with van der Waals surface area (Å²) < 4.78 is 27.7. The van der Waals surface area contributed by atoms with Crippen molar-refractivity contribution in [2.24, 2.45) is 0 Å².